The van der Waals surface area contributed by atoms with Gasteiger partial charge in [0, 0.05) is 30.7 Å². The monoisotopic (exact) mass is 311 g/mol. The second-order valence-electron chi connectivity index (χ2n) is 5.08. The predicted octanol–water partition coefficient (Wildman–Crippen LogP) is 2.58. The first-order valence-corrected chi connectivity index (χ1v) is 7.01. The van der Waals surface area contributed by atoms with E-state index in [1.54, 1.807) is 24.3 Å². The van der Waals surface area contributed by atoms with Gasteiger partial charge in [-0.05, 0) is 24.3 Å². The zero-order valence-corrected chi connectivity index (χ0v) is 12.1. The highest BCUT2D eigenvalue weighted by Gasteiger charge is 2.24. The molecule has 2 amide bonds. The maximum absolute atomic E-state index is 12.7. The Morgan fingerprint density at radius 3 is 2.52 bits per heavy atom. The van der Waals surface area contributed by atoms with Gasteiger partial charge in [0.1, 0.15) is 0 Å². The molecular formula is C16H13N3O4. The Balaban J connectivity index is 1.95. The summed E-state index contributed by atoms with van der Waals surface area (Å²) in [7, 11) is 0. The molecule has 0 bridgehead atoms. The smallest absolute Gasteiger partial charge is 0.269 e. The van der Waals surface area contributed by atoms with E-state index in [4.69, 9.17) is 0 Å². The zero-order chi connectivity index (χ0) is 16.4. The van der Waals surface area contributed by atoms with Crippen LogP contribution in [0.2, 0.25) is 0 Å². The first-order chi connectivity index (χ1) is 11.1. The van der Waals surface area contributed by atoms with Crippen LogP contribution in [0.3, 0.4) is 0 Å². The Hall–Kier alpha value is -3.22. The average Bonchev–Trinajstić information content (AvgIpc) is 2.72. The third kappa shape index (κ3) is 2.89. The number of nitrogens with one attached hydrogen (secondary N) is 1. The third-order valence-corrected chi connectivity index (χ3v) is 3.60. The van der Waals surface area contributed by atoms with E-state index in [1.807, 2.05) is 0 Å². The number of anilines is 2. The molecule has 0 fully saturated rings. The molecule has 0 saturated heterocycles. The molecule has 0 aliphatic carbocycles. The van der Waals surface area contributed by atoms with E-state index in [0.717, 1.165) is 0 Å². The minimum absolute atomic E-state index is 0.0744. The van der Waals surface area contributed by atoms with Gasteiger partial charge in [0.2, 0.25) is 5.91 Å². The lowest BCUT2D eigenvalue weighted by molar-refractivity contribution is -0.384. The van der Waals surface area contributed by atoms with E-state index in [0.29, 0.717) is 16.9 Å². The summed E-state index contributed by atoms with van der Waals surface area (Å²) in [4.78, 5) is 36.2. The van der Waals surface area contributed by atoms with Crippen molar-refractivity contribution in [1.29, 1.82) is 0 Å². The van der Waals surface area contributed by atoms with Crippen molar-refractivity contribution in [3.8, 4) is 0 Å². The number of fused-ring (bicyclic) bond motifs is 1. The van der Waals surface area contributed by atoms with Crippen LogP contribution in [0.1, 0.15) is 16.8 Å². The maximum Gasteiger partial charge on any atom is 0.269 e. The van der Waals surface area contributed by atoms with E-state index >= 15 is 0 Å². The molecule has 1 heterocycles. The number of amides is 2. The standard InChI is InChI=1S/C16H13N3O4/c20-15-9-10-18(14-4-2-1-3-13(14)17-15)16(21)11-5-7-12(8-6-11)19(22)23/h1-8H,9-10H2,(H,17,20). The molecule has 1 aliphatic rings. The number of hydrogen-bond donors (Lipinski definition) is 1. The van der Waals surface area contributed by atoms with Crippen LogP contribution in [0.5, 0.6) is 0 Å². The molecule has 116 valence electrons. The van der Waals surface area contributed by atoms with Gasteiger partial charge < -0.3 is 10.2 Å². The Kier molecular flexibility index (Phi) is 3.76. The number of para-hydroxylation sites is 2. The Morgan fingerprint density at radius 2 is 1.83 bits per heavy atom. The molecule has 0 spiro atoms. The fourth-order valence-electron chi connectivity index (χ4n) is 2.45. The maximum atomic E-state index is 12.7. The normalized spacial score (nSPS) is 13.7. The van der Waals surface area contributed by atoms with E-state index in [2.05, 4.69) is 5.32 Å². The molecule has 0 unspecified atom stereocenters. The summed E-state index contributed by atoms with van der Waals surface area (Å²) >= 11 is 0. The zero-order valence-electron chi connectivity index (χ0n) is 12.1. The summed E-state index contributed by atoms with van der Waals surface area (Å²) in [6.07, 6.45) is 0.188. The van der Waals surface area contributed by atoms with Gasteiger partial charge in [0.25, 0.3) is 11.6 Å². The summed E-state index contributed by atoms with van der Waals surface area (Å²) in [5.41, 5.74) is 1.45. The average molecular weight is 311 g/mol. The van der Waals surface area contributed by atoms with Gasteiger partial charge >= 0.3 is 0 Å². The molecule has 1 N–H and O–H groups in total. The lowest BCUT2D eigenvalue weighted by atomic mass is 10.1. The number of hydrogen-bond acceptors (Lipinski definition) is 4. The highest BCUT2D eigenvalue weighted by molar-refractivity contribution is 6.10. The molecule has 1 aliphatic heterocycles. The highest BCUT2D eigenvalue weighted by atomic mass is 16.6. The Morgan fingerprint density at radius 1 is 1.13 bits per heavy atom. The minimum atomic E-state index is -0.516. The van der Waals surface area contributed by atoms with Gasteiger partial charge in [0.05, 0.1) is 16.3 Å². The number of carbonyl (C=O) groups is 2. The number of nitro benzene ring substituents is 1. The van der Waals surface area contributed by atoms with Gasteiger partial charge in [-0.15, -0.1) is 0 Å². The van der Waals surface area contributed by atoms with Crippen LogP contribution < -0.4 is 10.2 Å². The van der Waals surface area contributed by atoms with Gasteiger partial charge in [-0.2, -0.15) is 0 Å². The molecule has 23 heavy (non-hydrogen) atoms. The molecular weight excluding hydrogens is 298 g/mol. The molecule has 0 saturated carbocycles. The Bertz CT molecular complexity index is 786. The second kappa shape index (κ2) is 5.88. The predicted molar refractivity (Wildman–Crippen MR) is 84.5 cm³/mol. The summed E-state index contributed by atoms with van der Waals surface area (Å²) in [5, 5.41) is 13.5. The van der Waals surface area contributed by atoms with Crippen LogP contribution in [0.15, 0.2) is 48.5 Å². The van der Waals surface area contributed by atoms with Crippen molar-refractivity contribution < 1.29 is 14.5 Å². The number of rotatable bonds is 2. The van der Waals surface area contributed by atoms with Crippen LogP contribution in [0.4, 0.5) is 17.1 Å². The first-order valence-electron chi connectivity index (χ1n) is 7.01. The van der Waals surface area contributed by atoms with E-state index in [1.165, 1.54) is 29.2 Å². The Labute approximate surface area is 131 Å². The molecule has 3 rings (SSSR count). The van der Waals surface area contributed by atoms with Gasteiger partial charge in [-0.1, -0.05) is 12.1 Å². The topological polar surface area (TPSA) is 92.5 Å². The summed E-state index contributed by atoms with van der Waals surface area (Å²) in [5.74, 6) is -0.458. The fraction of sp³-hybridized carbons (Fsp3) is 0.125. The van der Waals surface area contributed by atoms with Crippen LogP contribution in [-0.2, 0) is 4.79 Å². The summed E-state index contributed by atoms with van der Waals surface area (Å²) in [6, 6.07) is 12.5. The molecule has 0 radical (unpaired) electrons. The van der Waals surface area contributed by atoms with E-state index < -0.39 is 4.92 Å². The molecule has 2 aromatic carbocycles. The van der Waals surface area contributed by atoms with Crippen molar-refractivity contribution in [2.75, 3.05) is 16.8 Å². The minimum Gasteiger partial charge on any atom is -0.324 e. The van der Waals surface area contributed by atoms with Crippen molar-refractivity contribution in [3.63, 3.8) is 0 Å². The van der Waals surface area contributed by atoms with Crippen LogP contribution in [-0.4, -0.2) is 23.3 Å². The molecule has 2 aromatic rings. The number of carbonyl (C=O) groups excluding carboxylic acids is 2. The lowest BCUT2D eigenvalue weighted by Crippen LogP contribution is -2.31. The van der Waals surface area contributed by atoms with Crippen molar-refractivity contribution in [1.82, 2.24) is 0 Å². The van der Waals surface area contributed by atoms with Crippen molar-refractivity contribution in [2.24, 2.45) is 0 Å². The molecule has 7 heteroatoms. The van der Waals surface area contributed by atoms with Gasteiger partial charge in [-0.3, -0.25) is 19.7 Å². The third-order valence-electron chi connectivity index (χ3n) is 3.60. The molecule has 0 atom stereocenters. The molecule has 0 aromatic heterocycles. The number of non-ortho nitro benzene ring substituents is 1. The largest absolute Gasteiger partial charge is 0.324 e. The van der Waals surface area contributed by atoms with Crippen LogP contribution in [0.25, 0.3) is 0 Å². The number of nitro groups is 1. The number of benzene rings is 2. The molecule has 7 nitrogen and oxygen atoms in total. The second-order valence-corrected chi connectivity index (χ2v) is 5.08. The van der Waals surface area contributed by atoms with Crippen LogP contribution >= 0.6 is 0 Å². The SMILES string of the molecule is O=C1CCN(C(=O)c2ccc([N+](=O)[O-])cc2)c2ccccc2N1. The summed E-state index contributed by atoms with van der Waals surface area (Å²) in [6.45, 7) is 0.249. The van der Waals surface area contributed by atoms with Crippen LogP contribution in [0, 0.1) is 10.1 Å². The lowest BCUT2D eigenvalue weighted by Gasteiger charge is -2.22. The quantitative estimate of drug-likeness (QED) is 0.681. The van der Waals surface area contributed by atoms with Gasteiger partial charge in [0.15, 0.2) is 0 Å². The van der Waals surface area contributed by atoms with Crippen molar-refractivity contribution in [2.45, 2.75) is 6.42 Å². The summed E-state index contributed by atoms with van der Waals surface area (Å²) < 4.78 is 0. The van der Waals surface area contributed by atoms with E-state index in [-0.39, 0.29) is 30.5 Å². The van der Waals surface area contributed by atoms with Crippen molar-refractivity contribution in [3.05, 3.63) is 64.2 Å². The first kappa shape index (κ1) is 14.7. The fourth-order valence-corrected chi connectivity index (χ4v) is 2.45. The number of nitrogens with zero attached hydrogens (tertiary/aromatic N) is 2. The highest BCUT2D eigenvalue weighted by Crippen LogP contribution is 2.29. The van der Waals surface area contributed by atoms with Crippen molar-refractivity contribution >= 4 is 28.9 Å². The van der Waals surface area contributed by atoms with E-state index in [9.17, 15) is 19.7 Å². The van der Waals surface area contributed by atoms with Gasteiger partial charge in [-0.25, -0.2) is 0 Å².